The van der Waals surface area contributed by atoms with E-state index < -0.39 is 0 Å². The van der Waals surface area contributed by atoms with Crippen molar-refractivity contribution in [1.29, 1.82) is 5.26 Å². The Bertz CT molecular complexity index is 3000. The molecule has 0 fully saturated rings. The van der Waals surface area contributed by atoms with Gasteiger partial charge >= 0.3 is 0 Å². The molecule has 0 unspecified atom stereocenters. The highest BCUT2D eigenvalue weighted by Crippen LogP contribution is 2.43. The summed E-state index contributed by atoms with van der Waals surface area (Å²) in [5.74, 6) is 0. The van der Waals surface area contributed by atoms with E-state index >= 15 is 0 Å². The van der Waals surface area contributed by atoms with Crippen LogP contribution in [0.1, 0.15) is 16.7 Å². The van der Waals surface area contributed by atoms with Crippen LogP contribution in [0.15, 0.2) is 170 Å². The van der Waals surface area contributed by atoms with Crippen LogP contribution in [0, 0.1) is 25.2 Å². The highest BCUT2D eigenvalue weighted by atomic mass is 15.0. The average molecular weight is 691 g/mol. The Labute approximate surface area is 313 Å². The van der Waals surface area contributed by atoms with Gasteiger partial charge in [-0.2, -0.15) is 5.26 Å². The molecule has 0 saturated carbocycles. The van der Waals surface area contributed by atoms with Crippen molar-refractivity contribution in [3.8, 4) is 51.1 Å². The minimum Gasteiger partial charge on any atom is -0.308 e. The summed E-state index contributed by atoms with van der Waals surface area (Å²) in [6.45, 7) is 4.27. The first-order chi connectivity index (χ1) is 26.6. The molecular weight excluding hydrogens is 657 g/mol. The highest BCUT2D eigenvalue weighted by Gasteiger charge is 2.24. The van der Waals surface area contributed by atoms with Gasteiger partial charge in [0.1, 0.15) is 0 Å². The van der Waals surface area contributed by atoms with Gasteiger partial charge in [-0.1, -0.05) is 120 Å². The van der Waals surface area contributed by atoms with Crippen molar-refractivity contribution in [2.45, 2.75) is 13.8 Å². The lowest BCUT2D eigenvalue weighted by Gasteiger charge is -2.21. The standard InChI is InChI=1S/C50H34N4/c1-32-23-25-46-40(27-32)38-17-8-10-21-44(38)53(46)48-29-34(31-51)30-49(54-45-22-11-9-18-39(45)41-28-33(2)24-26-47(41)54)50(48)43-20-12-19-42(52-43)37-16-7-6-15-36(37)35-13-4-3-5-14-35/h3-30H,1-2H3. The minimum absolute atomic E-state index is 0.574. The van der Waals surface area contributed by atoms with E-state index in [9.17, 15) is 5.26 Å². The van der Waals surface area contributed by atoms with Crippen LogP contribution < -0.4 is 0 Å². The fourth-order valence-corrected chi connectivity index (χ4v) is 8.28. The monoisotopic (exact) mass is 690 g/mol. The summed E-state index contributed by atoms with van der Waals surface area (Å²) in [6, 6.07) is 62.3. The molecule has 3 aromatic heterocycles. The molecule has 0 aliphatic carbocycles. The Kier molecular flexibility index (Phi) is 7.28. The van der Waals surface area contributed by atoms with Gasteiger partial charge < -0.3 is 9.13 Å². The van der Waals surface area contributed by atoms with Gasteiger partial charge in [-0.25, -0.2) is 4.98 Å². The lowest BCUT2D eigenvalue weighted by atomic mass is 9.96. The van der Waals surface area contributed by atoms with Gasteiger partial charge in [0.2, 0.25) is 0 Å². The number of nitriles is 1. The molecule has 7 aromatic carbocycles. The van der Waals surface area contributed by atoms with E-state index in [1.54, 1.807) is 0 Å². The van der Waals surface area contributed by atoms with E-state index in [-0.39, 0.29) is 0 Å². The number of benzene rings is 7. The number of aryl methyl sites for hydroxylation is 2. The smallest absolute Gasteiger partial charge is 0.0993 e. The van der Waals surface area contributed by atoms with Crippen molar-refractivity contribution in [1.82, 2.24) is 14.1 Å². The fourth-order valence-electron chi connectivity index (χ4n) is 8.28. The van der Waals surface area contributed by atoms with Crippen molar-refractivity contribution in [3.63, 3.8) is 0 Å². The second-order valence-electron chi connectivity index (χ2n) is 14.1. The van der Waals surface area contributed by atoms with Gasteiger partial charge in [-0.15, -0.1) is 0 Å². The number of aromatic nitrogens is 3. The summed E-state index contributed by atoms with van der Waals surface area (Å²) in [7, 11) is 0. The van der Waals surface area contributed by atoms with E-state index in [2.05, 4.69) is 181 Å². The predicted octanol–water partition coefficient (Wildman–Crippen LogP) is 12.8. The average Bonchev–Trinajstić information content (AvgIpc) is 3.72. The van der Waals surface area contributed by atoms with E-state index in [4.69, 9.17) is 4.98 Å². The van der Waals surface area contributed by atoms with Crippen LogP contribution in [0.4, 0.5) is 0 Å². The van der Waals surface area contributed by atoms with Crippen molar-refractivity contribution in [2.75, 3.05) is 0 Å². The third kappa shape index (κ3) is 4.94. The number of hydrogen-bond acceptors (Lipinski definition) is 2. The van der Waals surface area contributed by atoms with Gasteiger partial charge in [0, 0.05) is 32.7 Å². The Hall–Kier alpha value is -7.22. The van der Waals surface area contributed by atoms with Crippen molar-refractivity contribution in [2.24, 2.45) is 0 Å². The van der Waals surface area contributed by atoms with Crippen LogP contribution in [-0.4, -0.2) is 14.1 Å². The summed E-state index contributed by atoms with van der Waals surface area (Å²) < 4.78 is 4.65. The summed E-state index contributed by atoms with van der Waals surface area (Å²) in [6.07, 6.45) is 0. The third-order valence-electron chi connectivity index (χ3n) is 10.7. The van der Waals surface area contributed by atoms with Crippen molar-refractivity contribution >= 4 is 43.6 Å². The highest BCUT2D eigenvalue weighted by molar-refractivity contribution is 6.12. The molecule has 0 radical (unpaired) electrons. The number of nitrogens with zero attached hydrogens (tertiary/aromatic N) is 4. The number of hydrogen-bond donors (Lipinski definition) is 0. The van der Waals surface area contributed by atoms with Crippen LogP contribution in [0.3, 0.4) is 0 Å². The van der Waals surface area contributed by atoms with E-state index in [0.29, 0.717) is 5.56 Å². The van der Waals surface area contributed by atoms with Gasteiger partial charge in [-0.3, -0.25) is 0 Å². The van der Waals surface area contributed by atoms with Crippen LogP contribution >= 0.6 is 0 Å². The molecule has 0 aliphatic heterocycles. The molecule has 0 saturated heterocycles. The maximum Gasteiger partial charge on any atom is 0.0993 e. The molecule has 0 bridgehead atoms. The molecule has 254 valence electrons. The van der Waals surface area contributed by atoms with Gasteiger partial charge in [0.15, 0.2) is 0 Å². The normalized spacial score (nSPS) is 11.5. The molecule has 10 aromatic rings. The summed E-state index contributed by atoms with van der Waals surface area (Å²) in [4.78, 5) is 5.53. The first-order valence-electron chi connectivity index (χ1n) is 18.3. The summed E-state index contributed by atoms with van der Waals surface area (Å²) in [5.41, 5.74) is 15.0. The predicted molar refractivity (Wildman–Crippen MR) is 223 cm³/mol. The molecular formula is C50H34N4. The Morgan fingerprint density at radius 1 is 0.444 bits per heavy atom. The molecule has 4 nitrogen and oxygen atoms in total. The Morgan fingerprint density at radius 2 is 0.944 bits per heavy atom. The van der Waals surface area contributed by atoms with E-state index in [1.165, 1.54) is 21.9 Å². The number of rotatable bonds is 5. The lowest BCUT2D eigenvalue weighted by Crippen LogP contribution is -2.06. The Balaban J connectivity index is 1.36. The fraction of sp³-hybridized carbons (Fsp3) is 0.0400. The van der Waals surface area contributed by atoms with Crippen LogP contribution in [-0.2, 0) is 0 Å². The van der Waals surface area contributed by atoms with Gasteiger partial charge in [0.05, 0.1) is 56.5 Å². The second kappa shape index (κ2) is 12.5. The number of para-hydroxylation sites is 2. The molecule has 0 amide bonds. The van der Waals surface area contributed by atoms with Gasteiger partial charge in [-0.05, 0) is 85.6 Å². The maximum absolute atomic E-state index is 10.7. The van der Waals surface area contributed by atoms with Crippen LogP contribution in [0.25, 0.3) is 88.6 Å². The SMILES string of the molecule is Cc1ccc2c(c1)c1ccccc1n2-c1cc(C#N)cc(-n2c3ccccc3c3cc(C)ccc32)c1-c1cccc(-c2ccccc2-c2ccccc2)n1. The lowest BCUT2D eigenvalue weighted by molar-refractivity contribution is 1.12. The van der Waals surface area contributed by atoms with E-state index in [1.807, 2.05) is 18.2 Å². The molecule has 10 rings (SSSR count). The topological polar surface area (TPSA) is 46.5 Å². The minimum atomic E-state index is 0.574. The Morgan fingerprint density at radius 3 is 1.54 bits per heavy atom. The quantitative estimate of drug-likeness (QED) is 0.180. The van der Waals surface area contributed by atoms with Crippen molar-refractivity contribution in [3.05, 3.63) is 187 Å². The third-order valence-corrected chi connectivity index (χ3v) is 10.7. The largest absolute Gasteiger partial charge is 0.308 e. The van der Waals surface area contributed by atoms with Crippen LogP contribution in [0.2, 0.25) is 0 Å². The zero-order valence-electron chi connectivity index (χ0n) is 30.0. The van der Waals surface area contributed by atoms with E-state index in [0.717, 1.165) is 77.9 Å². The summed E-state index contributed by atoms with van der Waals surface area (Å²) in [5, 5.41) is 15.4. The molecule has 54 heavy (non-hydrogen) atoms. The molecule has 4 heteroatoms. The maximum atomic E-state index is 10.7. The van der Waals surface area contributed by atoms with Crippen LogP contribution in [0.5, 0.6) is 0 Å². The first-order valence-corrected chi connectivity index (χ1v) is 18.3. The molecule has 0 aliphatic rings. The second-order valence-corrected chi connectivity index (χ2v) is 14.1. The number of pyridine rings is 1. The zero-order chi connectivity index (χ0) is 36.3. The van der Waals surface area contributed by atoms with Gasteiger partial charge in [0.25, 0.3) is 0 Å². The molecule has 0 spiro atoms. The first kappa shape index (κ1) is 31.5. The molecule has 0 N–H and O–H groups in total. The molecule has 3 heterocycles. The molecule has 0 atom stereocenters. The van der Waals surface area contributed by atoms with Crippen molar-refractivity contribution < 1.29 is 0 Å². The summed E-state index contributed by atoms with van der Waals surface area (Å²) >= 11 is 0. The number of fused-ring (bicyclic) bond motifs is 6. The zero-order valence-corrected chi connectivity index (χ0v) is 30.0.